The second-order valence-electron chi connectivity index (χ2n) is 5.91. The van der Waals surface area contributed by atoms with Crippen LogP contribution in [0.5, 0.6) is 0 Å². The van der Waals surface area contributed by atoms with E-state index in [1.54, 1.807) is 23.1 Å². The Bertz CT molecular complexity index is 846. The lowest BCUT2D eigenvalue weighted by Crippen LogP contribution is -2.43. The Hall–Kier alpha value is -2.64. The number of morpholine rings is 1. The second kappa shape index (κ2) is 7.08. The lowest BCUT2D eigenvalue weighted by Gasteiger charge is -2.23. The third-order valence-electron chi connectivity index (χ3n) is 4.09. The van der Waals surface area contributed by atoms with Gasteiger partial charge in [-0.3, -0.25) is 4.98 Å². The summed E-state index contributed by atoms with van der Waals surface area (Å²) in [4.78, 5) is 8.71. The average molecular weight is 339 g/mol. The smallest absolute Gasteiger partial charge is 0.181 e. The van der Waals surface area contributed by atoms with E-state index < -0.39 is 0 Å². The van der Waals surface area contributed by atoms with Gasteiger partial charge in [0.2, 0.25) is 0 Å². The van der Waals surface area contributed by atoms with Gasteiger partial charge < -0.3 is 10.1 Å². The maximum absolute atomic E-state index is 13.7. The lowest BCUT2D eigenvalue weighted by atomic mass is 10.2. The molecule has 2 aromatic heterocycles. The minimum atomic E-state index is -0.302. The van der Waals surface area contributed by atoms with Crippen LogP contribution in [0.25, 0.3) is 17.1 Å². The molecule has 0 radical (unpaired) electrons. The highest BCUT2D eigenvalue weighted by molar-refractivity contribution is 5.54. The molecule has 7 heteroatoms. The van der Waals surface area contributed by atoms with E-state index in [1.807, 2.05) is 18.2 Å². The van der Waals surface area contributed by atoms with Crippen molar-refractivity contribution in [2.45, 2.75) is 12.5 Å². The highest BCUT2D eigenvalue weighted by atomic mass is 19.1. The summed E-state index contributed by atoms with van der Waals surface area (Å²) in [6, 6.07) is 10.2. The highest BCUT2D eigenvalue weighted by Gasteiger charge is 2.20. The van der Waals surface area contributed by atoms with Crippen LogP contribution in [0.15, 0.2) is 48.8 Å². The molecule has 0 spiro atoms. The fraction of sp³-hybridized carbons (Fsp3) is 0.278. The summed E-state index contributed by atoms with van der Waals surface area (Å²) in [6.07, 6.45) is 4.05. The fourth-order valence-electron chi connectivity index (χ4n) is 2.89. The van der Waals surface area contributed by atoms with Crippen LogP contribution in [-0.2, 0) is 11.2 Å². The van der Waals surface area contributed by atoms with E-state index in [0.717, 1.165) is 24.5 Å². The van der Waals surface area contributed by atoms with Crippen molar-refractivity contribution in [1.82, 2.24) is 25.1 Å². The van der Waals surface area contributed by atoms with E-state index in [2.05, 4.69) is 20.4 Å². The lowest BCUT2D eigenvalue weighted by molar-refractivity contribution is 0.0762. The Kier molecular flexibility index (Phi) is 4.49. The van der Waals surface area contributed by atoms with E-state index in [1.165, 1.54) is 12.1 Å². The van der Waals surface area contributed by atoms with Gasteiger partial charge >= 0.3 is 0 Å². The number of hydrogen-bond donors (Lipinski definition) is 1. The van der Waals surface area contributed by atoms with Crippen molar-refractivity contribution in [3.8, 4) is 17.1 Å². The van der Waals surface area contributed by atoms with Gasteiger partial charge in [-0.25, -0.2) is 14.1 Å². The molecule has 1 fully saturated rings. The molecule has 25 heavy (non-hydrogen) atoms. The zero-order chi connectivity index (χ0) is 17.1. The predicted molar refractivity (Wildman–Crippen MR) is 90.9 cm³/mol. The van der Waals surface area contributed by atoms with Gasteiger partial charge in [-0.1, -0.05) is 6.07 Å². The van der Waals surface area contributed by atoms with Gasteiger partial charge in [0.15, 0.2) is 5.82 Å². The first-order valence-electron chi connectivity index (χ1n) is 8.23. The van der Waals surface area contributed by atoms with Gasteiger partial charge in [0, 0.05) is 37.0 Å². The summed E-state index contributed by atoms with van der Waals surface area (Å²) < 4.78 is 20.9. The molecule has 3 heterocycles. The summed E-state index contributed by atoms with van der Waals surface area (Å²) in [5, 5.41) is 8.02. The second-order valence-corrected chi connectivity index (χ2v) is 5.91. The van der Waals surface area contributed by atoms with Gasteiger partial charge in [0.25, 0.3) is 0 Å². The third kappa shape index (κ3) is 3.57. The van der Waals surface area contributed by atoms with Crippen LogP contribution in [0.2, 0.25) is 0 Å². The molecule has 1 aliphatic heterocycles. The van der Waals surface area contributed by atoms with Crippen LogP contribution < -0.4 is 5.32 Å². The summed E-state index contributed by atoms with van der Waals surface area (Å²) >= 11 is 0. The van der Waals surface area contributed by atoms with Crippen molar-refractivity contribution in [1.29, 1.82) is 0 Å². The molecule has 0 amide bonds. The number of halogens is 1. The first kappa shape index (κ1) is 15.9. The van der Waals surface area contributed by atoms with E-state index in [0.29, 0.717) is 24.5 Å². The molecule has 3 aromatic rings. The number of rotatable bonds is 4. The molecule has 0 bridgehead atoms. The van der Waals surface area contributed by atoms with Crippen molar-refractivity contribution < 1.29 is 9.13 Å². The first-order valence-corrected chi connectivity index (χ1v) is 8.23. The van der Waals surface area contributed by atoms with Crippen molar-refractivity contribution in [3.63, 3.8) is 0 Å². The molecular weight excluding hydrogens is 321 g/mol. The maximum Gasteiger partial charge on any atom is 0.181 e. The Morgan fingerprint density at radius 1 is 1.24 bits per heavy atom. The zero-order valence-corrected chi connectivity index (χ0v) is 13.6. The molecule has 1 saturated heterocycles. The number of ether oxygens (including phenoxy) is 1. The van der Waals surface area contributed by atoms with Gasteiger partial charge in [0.05, 0.1) is 18.9 Å². The van der Waals surface area contributed by atoms with E-state index in [9.17, 15) is 4.39 Å². The van der Waals surface area contributed by atoms with Crippen LogP contribution in [0.3, 0.4) is 0 Å². The van der Waals surface area contributed by atoms with Crippen molar-refractivity contribution in [2.24, 2.45) is 0 Å². The van der Waals surface area contributed by atoms with Crippen LogP contribution >= 0.6 is 0 Å². The maximum atomic E-state index is 13.7. The van der Waals surface area contributed by atoms with Crippen molar-refractivity contribution >= 4 is 0 Å². The molecule has 4 rings (SSSR count). The molecule has 1 atom stereocenters. The fourth-order valence-corrected chi connectivity index (χ4v) is 2.89. The van der Waals surface area contributed by atoms with Gasteiger partial charge in [0.1, 0.15) is 11.6 Å². The van der Waals surface area contributed by atoms with E-state index in [-0.39, 0.29) is 11.9 Å². The number of nitrogens with zero attached hydrogens (tertiary/aromatic N) is 4. The van der Waals surface area contributed by atoms with Crippen LogP contribution in [0.4, 0.5) is 4.39 Å². The predicted octanol–water partition coefficient (Wildman–Crippen LogP) is 2.00. The molecule has 1 aliphatic rings. The van der Waals surface area contributed by atoms with Crippen LogP contribution in [0, 0.1) is 5.82 Å². The van der Waals surface area contributed by atoms with E-state index >= 15 is 0 Å². The monoisotopic (exact) mass is 339 g/mol. The summed E-state index contributed by atoms with van der Waals surface area (Å²) in [7, 11) is 0. The molecule has 1 N–H and O–H groups in total. The average Bonchev–Trinajstić information content (AvgIpc) is 3.07. The van der Waals surface area contributed by atoms with Gasteiger partial charge in [-0.2, -0.15) is 0 Å². The zero-order valence-electron chi connectivity index (χ0n) is 13.6. The quantitative estimate of drug-likeness (QED) is 0.788. The largest absolute Gasteiger partial charge is 0.379 e. The SMILES string of the molecule is Fc1cccc(-n2nc(-c3ccncc3)nc2C[C@H]2COCCN2)c1. The molecule has 1 aromatic carbocycles. The summed E-state index contributed by atoms with van der Waals surface area (Å²) in [5.41, 5.74) is 1.53. The summed E-state index contributed by atoms with van der Waals surface area (Å²) in [5.74, 6) is 1.06. The number of aromatic nitrogens is 4. The number of pyridine rings is 1. The van der Waals surface area contributed by atoms with Gasteiger partial charge in [-0.05, 0) is 30.3 Å². The van der Waals surface area contributed by atoms with E-state index in [4.69, 9.17) is 4.74 Å². The number of nitrogens with one attached hydrogen (secondary N) is 1. The molecule has 0 unspecified atom stereocenters. The van der Waals surface area contributed by atoms with Gasteiger partial charge in [-0.15, -0.1) is 5.10 Å². The minimum Gasteiger partial charge on any atom is -0.379 e. The standard InChI is InChI=1S/C18H18FN5O/c19-14-2-1-3-16(10-14)24-17(11-15-12-25-9-8-21-15)22-18(23-24)13-4-6-20-7-5-13/h1-7,10,15,21H,8-9,11-12H2/t15-/m0/s1. The third-order valence-corrected chi connectivity index (χ3v) is 4.09. The highest BCUT2D eigenvalue weighted by Crippen LogP contribution is 2.19. The normalized spacial score (nSPS) is 17.6. The Labute approximate surface area is 144 Å². The molecule has 0 aliphatic carbocycles. The topological polar surface area (TPSA) is 64.9 Å². The first-order chi connectivity index (χ1) is 12.3. The minimum absolute atomic E-state index is 0.163. The molecule has 6 nitrogen and oxygen atoms in total. The number of benzene rings is 1. The van der Waals surface area contributed by atoms with Crippen molar-refractivity contribution in [2.75, 3.05) is 19.8 Å². The molecule has 128 valence electrons. The van der Waals surface area contributed by atoms with Crippen molar-refractivity contribution in [3.05, 3.63) is 60.4 Å². The Balaban J connectivity index is 1.73. The molecule has 0 saturated carbocycles. The number of hydrogen-bond acceptors (Lipinski definition) is 5. The van der Waals surface area contributed by atoms with Crippen LogP contribution in [-0.4, -0.2) is 45.5 Å². The van der Waals surface area contributed by atoms with Crippen LogP contribution in [0.1, 0.15) is 5.82 Å². The summed E-state index contributed by atoms with van der Waals surface area (Å²) in [6.45, 7) is 2.16. The Morgan fingerprint density at radius 3 is 2.88 bits per heavy atom. The molecular formula is C18H18FN5O. The Morgan fingerprint density at radius 2 is 2.12 bits per heavy atom.